The molecule has 19 heavy (non-hydrogen) atoms. The van der Waals surface area contributed by atoms with Crippen molar-refractivity contribution in [3.8, 4) is 0 Å². The number of halogens is 1. The van der Waals surface area contributed by atoms with Gasteiger partial charge in [0.05, 0.1) is 6.61 Å². The van der Waals surface area contributed by atoms with E-state index in [9.17, 15) is 5.11 Å². The van der Waals surface area contributed by atoms with Crippen molar-refractivity contribution in [3.63, 3.8) is 0 Å². The molecule has 0 aliphatic rings. The van der Waals surface area contributed by atoms with Gasteiger partial charge < -0.3 is 15.3 Å². The highest BCUT2D eigenvalue weighted by Crippen LogP contribution is 2.15. The molecule has 3 nitrogen and oxygen atoms in total. The van der Waals surface area contributed by atoms with Gasteiger partial charge in [0, 0.05) is 30.9 Å². The van der Waals surface area contributed by atoms with Gasteiger partial charge in [-0.15, -0.1) is 12.4 Å². The summed E-state index contributed by atoms with van der Waals surface area (Å²) < 4.78 is 0. The quantitative estimate of drug-likeness (QED) is 0.809. The molecule has 0 spiro atoms. The summed E-state index contributed by atoms with van der Waals surface area (Å²) in [5.74, 6) is 0. The predicted molar refractivity (Wildman–Crippen MR) is 85.3 cm³/mol. The second-order valence-electron chi connectivity index (χ2n) is 5.23. The normalized spacial score (nSPS) is 11.0. The zero-order valence-corrected chi connectivity index (χ0v) is 13.3. The molecule has 2 N–H and O–H groups in total. The number of nitrogens with zero attached hydrogens (tertiary/aromatic N) is 1. The van der Waals surface area contributed by atoms with E-state index >= 15 is 0 Å². The molecule has 0 radical (unpaired) electrons. The molecule has 1 rings (SSSR count). The Bertz CT molecular complexity index is 348. The standard InChI is InChI=1S/C15H26N2O.ClH/c1-5-17(6-2)14-9-7-13(8-10-14)11-16-15(3,4)12-18;/h7-10,16,18H,5-6,11-12H2,1-4H3;1H. The number of rotatable bonds is 7. The molecular formula is C15H27ClN2O. The first-order valence-electron chi connectivity index (χ1n) is 6.72. The summed E-state index contributed by atoms with van der Waals surface area (Å²) in [6, 6.07) is 8.62. The number of nitrogens with one attached hydrogen (secondary N) is 1. The fraction of sp³-hybridized carbons (Fsp3) is 0.600. The highest BCUT2D eigenvalue weighted by Gasteiger charge is 2.14. The number of hydrogen-bond donors (Lipinski definition) is 2. The molecule has 4 heteroatoms. The van der Waals surface area contributed by atoms with Crippen LogP contribution < -0.4 is 10.2 Å². The van der Waals surface area contributed by atoms with Crippen molar-refractivity contribution in [1.29, 1.82) is 0 Å². The largest absolute Gasteiger partial charge is 0.394 e. The second-order valence-corrected chi connectivity index (χ2v) is 5.23. The maximum Gasteiger partial charge on any atom is 0.0607 e. The molecule has 0 aromatic heterocycles. The Kier molecular flexibility index (Phi) is 8.07. The molecule has 0 atom stereocenters. The van der Waals surface area contributed by atoms with Crippen LogP contribution in [0.2, 0.25) is 0 Å². The van der Waals surface area contributed by atoms with E-state index in [1.54, 1.807) is 0 Å². The second kappa shape index (κ2) is 8.41. The van der Waals surface area contributed by atoms with Crippen LogP contribution in [0.5, 0.6) is 0 Å². The van der Waals surface area contributed by atoms with Crippen molar-refractivity contribution in [2.24, 2.45) is 0 Å². The van der Waals surface area contributed by atoms with Crippen molar-refractivity contribution >= 4 is 18.1 Å². The first kappa shape index (κ1) is 18.2. The number of anilines is 1. The summed E-state index contributed by atoms with van der Waals surface area (Å²) in [5.41, 5.74) is 2.29. The van der Waals surface area contributed by atoms with Gasteiger partial charge in [-0.2, -0.15) is 0 Å². The van der Waals surface area contributed by atoms with Crippen LogP contribution in [0, 0.1) is 0 Å². The molecule has 0 saturated heterocycles. The first-order chi connectivity index (χ1) is 8.52. The molecule has 0 heterocycles. The Hall–Kier alpha value is -0.770. The fourth-order valence-electron chi connectivity index (χ4n) is 1.81. The van der Waals surface area contributed by atoms with Crippen molar-refractivity contribution in [3.05, 3.63) is 29.8 Å². The zero-order chi connectivity index (χ0) is 13.6. The SMILES string of the molecule is CCN(CC)c1ccc(CNC(C)(C)CO)cc1.Cl. The molecule has 110 valence electrons. The van der Waals surface area contributed by atoms with Crippen molar-refractivity contribution in [2.45, 2.75) is 39.8 Å². The molecule has 0 bridgehead atoms. The average molecular weight is 287 g/mol. The third kappa shape index (κ3) is 5.81. The average Bonchev–Trinajstić information content (AvgIpc) is 2.39. The minimum atomic E-state index is -0.225. The molecule has 0 aliphatic heterocycles. The summed E-state index contributed by atoms with van der Waals surface area (Å²) in [7, 11) is 0. The molecule has 0 unspecified atom stereocenters. The molecule has 0 fully saturated rings. The van der Waals surface area contributed by atoms with E-state index in [1.165, 1.54) is 11.3 Å². The molecular weight excluding hydrogens is 260 g/mol. The fourth-order valence-corrected chi connectivity index (χ4v) is 1.81. The summed E-state index contributed by atoms with van der Waals surface area (Å²) in [5, 5.41) is 12.5. The van der Waals surface area contributed by atoms with E-state index in [2.05, 4.69) is 48.3 Å². The Morgan fingerprint density at radius 1 is 1.11 bits per heavy atom. The van der Waals surface area contributed by atoms with E-state index in [-0.39, 0.29) is 24.6 Å². The van der Waals surface area contributed by atoms with Gasteiger partial charge in [-0.25, -0.2) is 0 Å². The smallest absolute Gasteiger partial charge is 0.0607 e. The highest BCUT2D eigenvalue weighted by molar-refractivity contribution is 5.85. The maximum atomic E-state index is 9.18. The predicted octanol–water partition coefficient (Wildman–Crippen LogP) is 2.82. The van der Waals surface area contributed by atoms with Gasteiger partial charge in [-0.1, -0.05) is 12.1 Å². The summed E-state index contributed by atoms with van der Waals surface area (Å²) in [6.07, 6.45) is 0. The Morgan fingerprint density at radius 3 is 2.05 bits per heavy atom. The first-order valence-corrected chi connectivity index (χ1v) is 6.72. The minimum absolute atomic E-state index is 0. The van der Waals surface area contributed by atoms with Crippen molar-refractivity contribution in [1.82, 2.24) is 5.32 Å². The molecule has 0 amide bonds. The third-order valence-corrected chi connectivity index (χ3v) is 3.23. The van der Waals surface area contributed by atoms with Gasteiger partial charge in [0.25, 0.3) is 0 Å². The van der Waals surface area contributed by atoms with Gasteiger partial charge in [-0.05, 0) is 45.4 Å². The van der Waals surface area contributed by atoms with Gasteiger partial charge in [0.1, 0.15) is 0 Å². The monoisotopic (exact) mass is 286 g/mol. The van der Waals surface area contributed by atoms with Crippen LogP contribution in [0.15, 0.2) is 24.3 Å². The van der Waals surface area contributed by atoms with Gasteiger partial charge in [0.2, 0.25) is 0 Å². The summed E-state index contributed by atoms with van der Waals surface area (Å²) in [4.78, 5) is 2.33. The van der Waals surface area contributed by atoms with Crippen LogP contribution >= 0.6 is 12.4 Å². The lowest BCUT2D eigenvalue weighted by molar-refractivity contribution is 0.187. The van der Waals surface area contributed by atoms with Crippen LogP contribution in [0.4, 0.5) is 5.69 Å². The lowest BCUT2D eigenvalue weighted by Crippen LogP contribution is -2.42. The third-order valence-electron chi connectivity index (χ3n) is 3.23. The topological polar surface area (TPSA) is 35.5 Å². The lowest BCUT2D eigenvalue weighted by Gasteiger charge is -2.24. The van der Waals surface area contributed by atoms with Gasteiger partial charge in [-0.3, -0.25) is 0 Å². The summed E-state index contributed by atoms with van der Waals surface area (Å²) >= 11 is 0. The molecule has 0 aliphatic carbocycles. The van der Waals surface area contributed by atoms with E-state index in [0.717, 1.165) is 19.6 Å². The van der Waals surface area contributed by atoms with E-state index in [4.69, 9.17) is 0 Å². The Morgan fingerprint density at radius 2 is 1.63 bits per heavy atom. The molecule has 1 aromatic carbocycles. The summed E-state index contributed by atoms with van der Waals surface area (Å²) in [6.45, 7) is 11.3. The molecule has 0 saturated carbocycles. The van der Waals surface area contributed by atoms with Crippen LogP contribution in [-0.2, 0) is 6.54 Å². The highest BCUT2D eigenvalue weighted by atomic mass is 35.5. The van der Waals surface area contributed by atoms with E-state index in [1.807, 2.05) is 13.8 Å². The van der Waals surface area contributed by atoms with Gasteiger partial charge >= 0.3 is 0 Å². The number of aliphatic hydroxyl groups is 1. The van der Waals surface area contributed by atoms with Gasteiger partial charge in [0.15, 0.2) is 0 Å². The Labute approximate surface area is 123 Å². The van der Waals surface area contributed by atoms with Crippen LogP contribution in [0.1, 0.15) is 33.3 Å². The van der Waals surface area contributed by atoms with E-state index in [0.29, 0.717) is 0 Å². The number of hydrogen-bond acceptors (Lipinski definition) is 3. The van der Waals surface area contributed by atoms with E-state index < -0.39 is 0 Å². The van der Waals surface area contributed by atoms with Crippen molar-refractivity contribution in [2.75, 3.05) is 24.6 Å². The minimum Gasteiger partial charge on any atom is -0.394 e. The Balaban J connectivity index is 0.00000324. The molecule has 1 aromatic rings. The zero-order valence-electron chi connectivity index (χ0n) is 12.4. The lowest BCUT2D eigenvalue weighted by atomic mass is 10.1. The number of aliphatic hydroxyl groups excluding tert-OH is 1. The van der Waals surface area contributed by atoms with Crippen molar-refractivity contribution < 1.29 is 5.11 Å². The van der Waals surface area contributed by atoms with Crippen LogP contribution in [0.3, 0.4) is 0 Å². The van der Waals surface area contributed by atoms with Crippen LogP contribution in [-0.4, -0.2) is 30.3 Å². The van der Waals surface area contributed by atoms with Crippen LogP contribution in [0.25, 0.3) is 0 Å². The number of benzene rings is 1. The maximum absolute atomic E-state index is 9.18.